The van der Waals surface area contributed by atoms with Crippen LogP contribution in [0.3, 0.4) is 0 Å². The minimum Gasteiger partial charge on any atom is -0.382 e. The number of nitriles is 1. The van der Waals surface area contributed by atoms with Gasteiger partial charge in [-0.3, -0.25) is 0 Å². The third kappa shape index (κ3) is 1.45. The number of nitrogen functional groups attached to an aromatic ring is 1. The zero-order valence-electron chi connectivity index (χ0n) is 7.24. The van der Waals surface area contributed by atoms with Crippen LogP contribution in [0.2, 0.25) is 0 Å². The second-order valence-corrected chi connectivity index (χ2v) is 4.12. The first-order valence-corrected chi connectivity index (χ1v) is 4.91. The lowest BCUT2D eigenvalue weighted by atomic mass is 10.3. The Kier molecular flexibility index (Phi) is 1.85. The van der Waals surface area contributed by atoms with Crippen molar-refractivity contribution in [3.8, 4) is 6.07 Å². The summed E-state index contributed by atoms with van der Waals surface area (Å²) < 4.78 is 3.93. The van der Waals surface area contributed by atoms with E-state index in [1.165, 1.54) is 18.0 Å². The number of hydrogen-bond donors (Lipinski definition) is 2. The van der Waals surface area contributed by atoms with Crippen LogP contribution in [0.4, 0.5) is 10.8 Å². The number of nitrogens with two attached hydrogens (primary N) is 1. The number of aromatic nitrogens is 1. The fraction of sp³-hybridized carbons (Fsp3) is 0.500. The minimum atomic E-state index is 0.336. The van der Waals surface area contributed by atoms with Crippen LogP contribution < -0.4 is 11.1 Å². The summed E-state index contributed by atoms with van der Waals surface area (Å²) in [5.74, 6) is 1.04. The Balaban J connectivity index is 2.16. The van der Waals surface area contributed by atoms with Crippen LogP contribution >= 0.6 is 11.5 Å². The molecule has 1 heterocycles. The topological polar surface area (TPSA) is 74.7 Å². The van der Waals surface area contributed by atoms with E-state index in [1.807, 2.05) is 0 Å². The van der Waals surface area contributed by atoms with E-state index in [0.717, 1.165) is 5.00 Å². The Hall–Kier alpha value is -1.28. The quantitative estimate of drug-likeness (QED) is 0.746. The Morgan fingerprint density at radius 3 is 3.00 bits per heavy atom. The number of rotatable bonds is 2. The summed E-state index contributed by atoms with van der Waals surface area (Å²) in [5, 5.41) is 12.9. The average Bonchev–Trinajstić information content (AvgIpc) is 2.65. The van der Waals surface area contributed by atoms with E-state index in [1.54, 1.807) is 0 Å². The van der Waals surface area contributed by atoms with E-state index >= 15 is 0 Å². The monoisotopic (exact) mass is 194 g/mol. The molecule has 0 amide bonds. The smallest absolute Gasteiger partial charge is 0.157 e. The van der Waals surface area contributed by atoms with Gasteiger partial charge in [-0.05, 0) is 23.9 Å². The highest BCUT2D eigenvalue weighted by atomic mass is 32.1. The van der Waals surface area contributed by atoms with Gasteiger partial charge in [0.05, 0.1) is 0 Å². The van der Waals surface area contributed by atoms with Gasteiger partial charge in [-0.1, -0.05) is 6.92 Å². The van der Waals surface area contributed by atoms with Gasteiger partial charge in [-0.15, -0.1) is 0 Å². The van der Waals surface area contributed by atoms with Crippen molar-refractivity contribution >= 4 is 22.4 Å². The van der Waals surface area contributed by atoms with Crippen LogP contribution in [0.1, 0.15) is 18.9 Å². The predicted molar refractivity (Wildman–Crippen MR) is 52.4 cm³/mol. The predicted octanol–water partition coefficient (Wildman–Crippen LogP) is 1.42. The molecule has 2 atom stereocenters. The van der Waals surface area contributed by atoms with Gasteiger partial charge in [-0.25, -0.2) is 0 Å². The second-order valence-electron chi connectivity index (χ2n) is 3.35. The third-order valence-corrected chi connectivity index (χ3v) is 3.05. The summed E-state index contributed by atoms with van der Waals surface area (Å²) in [6.07, 6.45) is 1.17. The van der Waals surface area contributed by atoms with Crippen LogP contribution in [0, 0.1) is 17.2 Å². The van der Waals surface area contributed by atoms with Crippen LogP contribution in [-0.2, 0) is 0 Å². The SMILES string of the molecule is CC1CC1Nc1snc(N)c1C#N. The molecule has 0 aromatic carbocycles. The first kappa shape index (κ1) is 8.32. The summed E-state index contributed by atoms with van der Waals surface area (Å²) in [5.41, 5.74) is 6.01. The lowest BCUT2D eigenvalue weighted by Crippen LogP contribution is -2.03. The largest absolute Gasteiger partial charge is 0.382 e. The van der Waals surface area contributed by atoms with Crippen molar-refractivity contribution in [1.29, 1.82) is 5.26 Å². The number of nitrogens with one attached hydrogen (secondary N) is 1. The van der Waals surface area contributed by atoms with Crippen molar-refractivity contribution in [2.45, 2.75) is 19.4 Å². The molecule has 5 heteroatoms. The normalized spacial score (nSPS) is 25.2. The molecule has 68 valence electrons. The maximum Gasteiger partial charge on any atom is 0.157 e. The summed E-state index contributed by atoms with van der Waals surface area (Å²) in [4.78, 5) is 0. The van der Waals surface area contributed by atoms with Gasteiger partial charge < -0.3 is 11.1 Å². The fourth-order valence-electron chi connectivity index (χ4n) is 1.20. The molecule has 2 rings (SSSR count). The molecule has 1 saturated carbocycles. The van der Waals surface area contributed by atoms with E-state index in [2.05, 4.69) is 22.7 Å². The minimum absolute atomic E-state index is 0.336. The van der Waals surface area contributed by atoms with Gasteiger partial charge in [0, 0.05) is 6.04 Å². The molecule has 1 aromatic heterocycles. The molecule has 0 bridgehead atoms. The molecule has 1 aromatic rings. The summed E-state index contributed by atoms with van der Waals surface area (Å²) in [7, 11) is 0. The first-order valence-electron chi connectivity index (χ1n) is 4.14. The first-order chi connectivity index (χ1) is 6.22. The zero-order valence-corrected chi connectivity index (χ0v) is 8.06. The Morgan fingerprint density at radius 1 is 1.77 bits per heavy atom. The molecule has 0 aliphatic heterocycles. The summed E-state index contributed by atoms with van der Waals surface area (Å²) in [6, 6.07) is 2.56. The maximum atomic E-state index is 8.78. The average molecular weight is 194 g/mol. The fourth-order valence-corrected chi connectivity index (χ4v) is 1.93. The van der Waals surface area contributed by atoms with Gasteiger partial charge >= 0.3 is 0 Å². The summed E-state index contributed by atoms with van der Waals surface area (Å²) >= 11 is 1.26. The lowest BCUT2D eigenvalue weighted by Gasteiger charge is -1.99. The molecule has 0 radical (unpaired) electrons. The molecular formula is C8H10N4S. The van der Waals surface area contributed by atoms with Crippen LogP contribution in [0.5, 0.6) is 0 Å². The van der Waals surface area contributed by atoms with Gasteiger partial charge in [0.25, 0.3) is 0 Å². The highest BCUT2D eigenvalue weighted by Crippen LogP contribution is 2.36. The van der Waals surface area contributed by atoms with E-state index < -0.39 is 0 Å². The van der Waals surface area contributed by atoms with E-state index in [4.69, 9.17) is 11.0 Å². The standard InChI is InChI=1S/C8H10N4S/c1-4-2-6(4)11-8-5(3-9)7(10)12-13-8/h4,6,11H,2H2,1H3,(H2,10,12). The number of nitrogens with zero attached hydrogens (tertiary/aromatic N) is 2. The van der Waals surface area contributed by atoms with Crippen molar-refractivity contribution in [3.05, 3.63) is 5.56 Å². The van der Waals surface area contributed by atoms with E-state index in [9.17, 15) is 0 Å². The van der Waals surface area contributed by atoms with Crippen LogP contribution in [0.25, 0.3) is 0 Å². The summed E-state index contributed by atoms with van der Waals surface area (Å²) in [6.45, 7) is 2.17. The van der Waals surface area contributed by atoms with Crippen molar-refractivity contribution in [2.75, 3.05) is 11.1 Å². The zero-order chi connectivity index (χ0) is 9.42. The van der Waals surface area contributed by atoms with Crippen LogP contribution in [0.15, 0.2) is 0 Å². The highest BCUT2D eigenvalue weighted by Gasteiger charge is 2.33. The molecule has 13 heavy (non-hydrogen) atoms. The lowest BCUT2D eigenvalue weighted by molar-refractivity contribution is 0.931. The molecule has 1 aliphatic carbocycles. The third-order valence-electron chi connectivity index (χ3n) is 2.26. The molecule has 2 unspecified atom stereocenters. The number of hydrogen-bond acceptors (Lipinski definition) is 5. The van der Waals surface area contributed by atoms with Crippen molar-refractivity contribution < 1.29 is 0 Å². The van der Waals surface area contributed by atoms with Crippen molar-refractivity contribution in [2.24, 2.45) is 5.92 Å². The van der Waals surface area contributed by atoms with Gasteiger partial charge in [-0.2, -0.15) is 9.64 Å². The molecule has 0 saturated heterocycles. The molecule has 4 nitrogen and oxygen atoms in total. The van der Waals surface area contributed by atoms with Crippen molar-refractivity contribution in [1.82, 2.24) is 4.37 Å². The molecule has 1 fully saturated rings. The number of anilines is 2. The molecule has 0 spiro atoms. The Labute approximate surface area is 80.5 Å². The molecule has 3 N–H and O–H groups in total. The Bertz CT molecular complexity index is 365. The van der Waals surface area contributed by atoms with Crippen molar-refractivity contribution in [3.63, 3.8) is 0 Å². The van der Waals surface area contributed by atoms with Crippen LogP contribution in [-0.4, -0.2) is 10.4 Å². The maximum absolute atomic E-state index is 8.78. The Morgan fingerprint density at radius 2 is 2.46 bits per heavy atom. The highest BCUT2D eigenvalue weighted by molar-refractivity contribution is 7.10. The van der Waals surface area contributed by atoms with E-state index in [0.29, 0.717) is 23.3 Å². The molecular weight excluding hydrogens is 184 g/mol. The second kappa shape index (κ2) is 2.89. The molecule has 1 aliphatic rings. The van der Waals surface area contributed by atoms with E-state index in [-0.39, 0.29) is 0 Å². The van der Waals surface area contributed by atoms with Gasteiger partial charge in [0.1, 0.15) is 16.6 Å². The van der Waals surface area contributed by atoms with Gasteiger partial charge in [0.2, 0.25) is 0 Å². The van der Waals surface area contributed by atoms with Gasteiger partial charge in [0.15, 0.2) is 5.82 Å².